The Morgan fingerprint density at radius 1 is 1.44 bits per heavy atom. The smallest absolute Gasteiger partial charge is 0.328 e. The van der Waals surface area contributed by atoms with E-state index < -0.39 is 12.0 Å². The monoisotopic (exact) mass is 266 g/mol. The third-order valence-electron chi connectivity index (χ3n) is 2.58. The number of rotatable bonds is 4. The average molecular weight is 267 g/mol. The molecule has 2 rings (SSSR count). The third kappa shape index (κ3) is 2.65. The van der Waals surface area contributed by atoms with Gasteiger partial charge in [0.1, 0.15) is 5.82 Å². The van der Waals surface area contributed by atoms with Crippen LogP contribution in [0.4, 0.5) is 0 Å². The molecule has 0 fully saturated rings. The number of halogens is 1. The van der Waals surface area contributed by atoms with E-state index >= 15 is 0 Å². The number of nitrogens with zero attached hydrogens (tertiary/aromatic N) is 4. The van der Waals surface area contributed by atoms with Crippen LogP contribution in [0, 0.1) is 6.92 Å². The zero-order valence-electron chi connectivity index (χ0n) is 9.62. The normalized spacial score (nSPS) is 12.3. The third-order valence-corrected chi connectivity index (χ3v) is 2.83. The number of tetrazole rings is 1. The Hall–Kier alpha value is -1.95. The highest BCUT2D eigenvalue weighted by atomic mass is 35.5. The molecule has 0 aliphatic heterocycles. The molecule has 0 amide bonds. The van der Waals surface area contributed by atoms with Crippen molar-refractivity contribution >= 4 is 17.6 Å². The lowest BCUT2D eigenvalue weighted by molar-refractivity contribution is -0.141. The summed E-state index contributed by atoms with van der Waals surface area (Å²) in [5.74, 6) is -0.503. The number of aryl methyl sites for hydroxylation is 1. The lowest BCUT2D eigenvalue weighted by Gasteiger charge is -2.13. The van der Waals surface area contributed by atoms with Crippen LogP contribution in [0.15, 0.2) is 24.3 Å². The van der Waals surface area contributed by atoms with Crippen molar-refractivity contribution in [3.05, 3.63) is 40.7 Å². The molecule has 1 heterocycles. The summed E-state index contributed by atoms with van der Waals surface area (Å²) in [5.41, 5.74) is 0.863. The fourth-order valence-corrected chi connectivity index (χ4v) is 1.77. The summed E-state index contributed by atoms with van der Waals surface area (Å²) in [7, 11) is 0. The molecule has 0 radical (unpaired) electrons. The minimum absolute atomic E-state index is 0.304. The number of aliphatic carboxylic acids is 1. The summed E-state index contributed by atoms with van der Waals surface area (Å²) in [6.45, 7) is 1.66. The molecule has 1 unspecified atom stereocenters. The second kappa shape index (κ2) is 5.14. The second-order valence-corrected chi connectivity index (χ2v) is 4.29. The molecule has 18 heavy (non-hydrogen) atoms. The van der Waals surface area contributed by atoms with Gasteiger partial charge in [-0.15, -0.1) is 5.10 Å². The van der Waals surface area contributed by atoms with Crippen LogP contribution in [-0.2, 0) is 11.2 Å². The van der Waals surface area contributed by atoms with E-state index in [0.717, 1.165) is 5.56 Å². The van der Waals surface area contributed by atoms with Crippen LogP contribution in [0.2, 0.25) is 5.02 Å². The molecule has 1 atom stereocenters. The summed E-state index contributed by atoms with van der Waals surface area (Å²) in [6.07, 6.45) is 0.304. The van der Waals surface area contributed by atoms with E-state index in [0.29, 0.717) is 17.3 Å². The van der Waals surface area contributed by atoms with Crippen molar-refractivity contribution in [3.63, 3.8) is 0 Å². The van der Waals surface area contributed by atoms with Crippen LogP contribution < -0.4 is 0 Å². The van der Waals surface area contributed by atoms with Crippen LogP contribution in [0.25, 0.3) is 0 Å². The van der Waals surface area contributed by atoms with Gasteiger partial charge in [-0.2, -0.15) is 0 Å². The van der Waals surface area contributed by atoms with Gasteiger partial charge in [-0.05, 0) is 35.0 Å². The van der Waals surface area contributed by atoms with Gasteiger partial charge in [0.15, 0.2) is 6.04 Å². The molecule has 0 aliphatic rings. The fourth-order valence-electron chi connectivity index (χ4n) is 1.65. The van der Waals surface area contributed by atoms with E-state index in [1.54, 1.807) is 31.2 Å². The summed E-state index contributed by atoms with van der Waals surface area (Å²) < 4.78 is 1.30. The zero-order valence-corrected chi connectivity index (χ0v) is 10.4. The maximum absolute atomic E-state index is 11.3. The summed E-state index contributed by atoms with van der Waals surface area (Å²) >= 11 is 5.78. The summed E-state index contributed by atoms with van der Waals surface area (Å²) in [5, 5.41) is 20.7. The minimum atomic E-state index is -0.972. The van der Waals surface area contributed by atoms with Gasteiger partial charge >= 0.3 is 5.97 Å². The number of carbonyl (C=O) groups is 1. The zero-order chi connectivity index (χ0) is 13.1. The largest absolute Gasteiger partial charge is 0.480 e. The second-order valence-electron chi connectivity index (χ2n) is 3.86. The average Bonchev–Trinajstić information content (AvgIpc) is 2.74. The molecule has 6 nitrogen and oxygen atoms in total. The maximum atomic E-state index is 11.3. The first kappa shape index (κ1) is 12.5. The maximum Gasteiger partial charge on any atom is 0.328 e. The van der Waals surface area contributed by atoms with Crippen LogP contribution in [0.3, 0.4) is 0 Å². The predicted molar refractivity (Wildman–Crippen MR) is 64.4 cm³/mol. The Balaban J connectivity index is 2.25. The molecule has 1 aromatic heterocycles. The highest BCUT2D eigenvalue weighted by molar-refractivity contribution is 6.30. The Bertz CT molecular complexity index is 552. The Kier molecular flexibility index (Phi) is 3.57. The van der Waals surface area contributed by atoms with Gasteiger partial charge in [-0.25, -0.2) is 9.48 Å². The first-order valence-electron chi connectivity index (χ1n) is 5.29. The number of aromatic nitrogens is 4. The van der Waals surface area contributed by atoms with Gasteiger partial charge < -0.3 is 5.11 Å². The molecule has 1 N–H and O–H groups in total. The molecule has 0 bridgehead atoms. The van der Waals surface area contributed by atoms with Crippen LogP contribution in [0.1, 0.15) is 17.4 Å². The van der Waals surface area contributed by atoms with E-state index in [9.17, 15) is 9.90 Å². The molecule has 94 valence electrons. The Labute approximate surface area is 108 Å². The highest BCUT2D eigenvalue weighted by Crippen LogP contribution is 2.17. The van der Waals surface area contributed by atoms with E-state index in [-0.39, 0.29) is 0 Å². The van der Waals surface area contributed by atoms with Crippen molar-refractivity contribution in [1.29, 1.82) is 0 Å². The summed E-state index contributed by atoms with van der Waals surface area (Å²) in [4.78, 5) is 11.3. The Morgan fingerprint density at radius 3 is 2.61 bits per heavy atom. The SMILES string of the molecule is Cc1nnnn1C(Cc1ccc(Cl)cc1)C(=O)O. The minimum Gasteiger partial charge on any atom is -0.480 e. The van der Waals surface area contributed by atoms with E-state index in [1.807, 2.05) is 0 Å². The fraction of sp³-hybridized carbons (Fsp3) is 0.273. The van der Waals surface area contributed by atoms with Crippen molar-refractivity contribution in [3.8, 4) is 0 Å². The first-order valence-corrected chi connectivity index (χ1v) is 5.67. The quantitative estimate of drug-likeness (QED) is 0.907. The van der Waals surface area contributed by atoms with Gasteiger partial charge in [0.2, 0.25) is 0 Å². The standard InChI is InChI=1S/C11H11ClN4O2/c1-7-13-14-15-16(7)10(11(17)18)6-8-2-4-9(12)5-3-8/h2-5,10H,6H2,1H3,(H,17,18). The number of carboxylic acid groups (broad SMARTS) is 1. The van der Waals surface area contributed by atoms with Crippen molar-refractivity contribution in [2.75, 3.05) is 0 Å². The van der Waals surface area contributed by atoms with Crippen LogP contribution in [0.5, 0.6) is 0 Å². The van der Waals surface area contributed by atoms with E-state index in [4.69, 9.17) is 11.6 Å². The van der Waals surface area contributed by atoms with Crippen molar-refractivity contribution < 1.29 is 9.90 Å². The van der Waals surface area contributed by atoms with Gasteiger partial charge in [-0.3, -0.25) is 0 Å². The summed E-state index contributed by atoms with van der Waals surface area (Å²) in [6, 6.07) is 6.21. The predicted octanol–water partition coefficient (Wildman–Crippen LogP) is 1.50. The molecule has 2 aromatic rings. The number of carboxylic acids is 1. The number of hydrogen-bond acceptors (Lipinski definition) is 4. The van der Waals surface area contributed by atoms with Gasteiger partial charge in [-0.1, -0.05) is 23.7 Å². The lowest BCUT2D eigenvalue weighted by atomic mass is 10.1. The van der Waals surface area contributed by atoms with E-state index in [2.05, 4.69) is 15.5 Å². The van der Waals surface area contributed by atoms with Crippen molar-refractivity contribution in [2.24, 2.45) is 0 Å². The molecular formula is C11H11ClN4O2. The molecule has 0 spiro atoms. The van der Waals surface area contributed by atoms with Gasteiger partial charge in [0, 0.05) is 11.4 Å². The van der Waals surface area contributed by atoms with Crippen molar-refractivity contribution in [1.82, 2.24) is 20.2 Å². The Morgan fingerprint density at radius 2 is 2.11 bits per heavy atom. The van der Waals surface area contributed by atoms with E-state index in [1.165, 1.54) is 4.68 Å². The lowest BCUT2D eigenvalue weighted by Crippen LogP contribution is -2.23. The molecule has 0 aliphatic carbocycles. The molecular weight excluding hydrogens is 256 g/mol. The van der Waals surface area contributed by atoms with Gasteiger partial charge in [0.25, 0.3) is 0 Å². The number of hydrogen-bond donors (Lipinski definition) is 1. The van der Waals surface area contributed by atoms with Gasteiger partial charge in [0.05, 0.1) is 0 Å². The molecule has 7 heteroatoms. The van der Waals surface area contributed by atoms with Crippen LogP contribution in [-0.4, -0.2) is 31.3 Å². The molecule has 0 saturated heterocycles. The molecule has 0 saturated carbocycles. The first-order chi connectivity index (χ1) is 8.58. The number of benzene rings is 1. The molecule has 1 aromatic carbocycles. The highest BCUT2D eigenvalue weighted by Gasteiger charge is 2.23. The topological polar surface area (TPSA) is 80.9 Å². The van der Waals surface area contributed by atoms with Crippen LogP contribution >= 0.6 is 11.6 Å². The van der Waals surface area contributed by atoms with Crippen molar-refractivity contribution in [2.45, 2.75) is 19.4 Å².